The zero-order chi connectivity index (χ0) is 15.0. The van der Waals surface area contributed by atoms with E-state index in [1.807, 2.05) is 19.1 Å². The van der Waals surface area contributed by atoms with Crippen LogP contribution in [0.2, 0.25) is 0 Å². The van der Waals surface area contributed by atoms with E-state index in [1.165, 1.54) is 30.0 Å². The third-order valence-corrected chi connectivity index (χ3v) is 5.80. The van der Waals surface area contributed by atoms with Gasteiger partial charge in [-0.1, -0.05) is 6.07 Å². The summed E-state index contributed by atoms with van der Waals surface area (Å²) in [4.78, 5) is 15.8. The van der Waals surface area contributed by atoms with Gasteiger partial charge in [0, 0.05) is 15.3 Å². The van der Waals surface area contributed by atoms with Crippen LogP contribution in [-0.2, 0) is 11.3 Å². The van der Waals surface area contributed by atoms with Gasteiger partial charge in [0.25, 0.3) is 0 Å². The van der Waals surface area contributed by atoms with E-state index in [9.17, 15) is 13.6 Å². The molecule has 3 rings (SSSR count). The molecule has 1 saturated heterocycles. The molecule has 1 aromatic carbocycles. The van der Waals surface area contributed by atoms with Gasteiger partial charge in [0.2, 0.25) is 5.91 Å². The van der Waals surface area contributed by atoms with Gasteiger partial charge in [0.05, 0.1) is 12.3 Å². The predicted octanol–water partition coefficient (Wildman–Crippen LogP) is 4.11. The molecule has 0 aliphatic carbocycles. The summed E-state index contributed by atoms with van der Waals surface area (Å²) in [7, 11) is 0. The number of carbonyl (C=O) groups is 1. The van der Waals surface area contributed by atoms with Gasteiger partial charge >= 0.3 is 0 Å². The fraction of sp³-hybridized carbons (Fsp3) is 0.267. The number of rotatable bonds is 3. The van der Waals surface area contributed by atoms with Crippen molar-refractivity contribution in [2.45, 2.75) is 18.8 Å². The highest BCUT2D eigenvalue weighted by Crippen LogP contribution is 2.42. The number of nitrogens with zero attached hydrogens (tertiary/aromatic N) is 1. The molecule has 1 amide bonds. The van der Waals surface area contributed by atoms with Crippen molar-refractivity contribution in [2.75, 3.05) is 5.75 Å². The summed E-state index contributed by atoms with van der Waals surface area (Å²) in [5, 5.41) is -0.157. The Hall–Kier alpha value is -1.40. The third-order valence-electron chi connectivity index (χ3n) is 3.36. The van der Waals surface area contributed by atoms with Gasteiger partial charge in [-0.05, 0) is 31.2 Å². The largest absolute Gasteiger partial charge is 0.320 e. The van der Waals surface area contributed by atoms with E-state index < -0.39 is 11.6 Å². The minimum atomic E-state index is -0.610. The first-order chi connectivity index (χ1) is 10.1. The molecule has 2 heterocycles. The molecule has 21 heavy (non-hydrogen) atoms. The van der Waals surface area contributed by atoms with Crippen molar-refractivity contribution in [3.8, 4) is 0 Å². The quantitative estimate of drug-likeness (QED) is 0.846. The van der Waals surface area contributed by atoms with E-state index in [0.717, 1.165) is 9.75 Å². The van der Waals surface area contributed by atoms with Gasteiger partial charge in [-0.3, -0.25) is 4.79 Å². The Morgan fingerprint density at radius 1 is 1.24 bits per heavy atom. The minimum absolute atomic E-state index is 0.0358. The van der Waals surface area contributed by atoms with Crippen molar-refractivity contribution >= 4 is 29.0 Å². The second kappa shape index (κ2) is 5.77. The summed E-state index contributed by atoms with van der Waals surface area (Å²) in [6.07, 6.45) is 0. The van der Waals surface area contributed by atoms with Crippen molar-refractivity contribution in [1.29, 1.82) is 0 Å². The van der Waals surface area contributed by atoms with Crippen LogP contribution >= 0.6 is 23.1 Å². The molecular weight excluding hydrogens is 312 g/mol. The Kier molecular flexibility index (Phi) is 3.99. The normalized spacial score (nSPS) is 18.5. The number of halogens is 2. The van der Waals surface area contributed by atoms with Crippen LogP contribution in [0.25, 0.3) is 0 Å². The van der Waals surface area contributed by atoms with Gasteiger partial charge in [0.1, 0.15) is 17.0 Å². The molecule has 110 valence electrons. The molecule has 1 aromatic heterocycles. The smallest absolute Gasteiger partial charge is 0.234 e. The number of benzene rings is 1. The van der Waals surface area contributed by atoms with Crippen LogP contribution in [-0.4, -0.2) is 16.6 Å². The van der Waals surface area contributed by atoms with Crippen LogP contribution in [0.4, 0.5) is 8.78 Å². The second-order valence-corrected chi connectivity index (χ2v) is 7.22. The highest BCUT2D eigenvalue weighted by molar-refractivity contribution is 8.00. The maximum Gasteiger partial charge on any atom is 0.234 e. The number of amides is 1. The van der Waals surface area contributed by atoms with E-state index in [4.69, 9.17) is 0 Å². The molecular formula is C15H13F2NOS2. The van der Waals surface area contributed by atoms with Crippen LogP contribution < -0.4 is 0 Å². The summed E-state index contributed by atoms with van der Waals surface area (Å²) in [5.41, 5.74) is -0.0494. The molecule has 0 N–H and O–H groups in total. The Morgan fingerprint density at radius 3 is 2.57 bits per heavy atom. The molecule has 0 radical (unpaired) electrons. The molecule has 1 atom stereocenters. The molecule has 1 fully saturated rings. The lowest BCUT2D eigenvalue weighted by Crippen LogP contribution is -2.28. The zero-order valence-electron chi connectivity index (χ0n) is 11.3. The highest BCUT2D eigenvalue weighted by atomic mass is 32.2. The first-order valence-electron chi connectivity index (χ1n) is 6.46. The van der Waals surface area contributed by atoms with Gasteiger partial charge in [-0.2, -0.15) is 0 Å². The summed E-state index contributed by atoms with van der Waals surface area (Å²) in [5.74, 6) is -0.960. The average molecular weight is 325 g/mol. The van der Waals surface area contributed by atoms with Crippen molar-refractivity contribution in [3.05, 3.63) is 57.3 Å². The lowest BCUT2D eigenvalue weighted by molar-refractivity contribution is -0.128. The number of thioether (sulfide) groups is 1. The summed E-state index contributed by atoms with van der Waals surface area (Å²) in [6, 6.07) is 7.73. The van der Waals surface area contributed by atoms with Crippen molar-refractivity contribution in [3.63, 3.8) is 0 Å². The lowest BCUT2D eigenvalue weighted by Gasteiger charge is -2.23. The van der Waals surface area contributed by atoms with Gasteiger partial charge in [0.15, 0.2) is 0 Å². The van der Waals surface area contributed by atoms with Crippen LogP contribution in [0.3, 0.4) is 0 Å². The molecule has 2 aromatic rings. The van der Waals surface area contributed by atoms with Gasteiger partial charge in [-0.25, -0.2) is 8.78 Å². The van der Waals surface area contributed by atoms with E-state index >= 15 is 0 Å². The number of aryl methyl sites for hydroxylation is 1. The first kappa shape index (κ1) is 14.5. The molecule has 0 bridgehead atoms. The molecule has 6 heteroatoms. The summed E-state index contributed by atoms with van der Waals surface area (Å²) in [6.45, 7) is 1.96. The Balaban J connectivity index is 1.90. The Bertz CT molecular complexity index is 666. The highest BCUT2D eigenvalue weighted by Gasteiger charge is 2.34. The van der Waals surface area contributed by atoms with Gasteiger partial charge in [-0.15, -0.1) is 23.1 Å². The number of thiophene rings is 1. The third kappa shape index (κ3) is 2.82. The molecule has 1 aliphatic rings. The molecule has 1 aliphatic heterocycles. The topological polar surface area (TPSA) is 20.3 Å². The van der Waals surface area contributed by atoms with Crippen LogP contribution in [0.1, 0.15) is 20.7 Å². The van der Waals surface area contributed by atoms with Crippen molar-refractivity contribution in [1.82, 2.24) is 4.90 Å². The Morgan fingerprint density at radius 2 is 1.95 bits per heavy atom. The van der Waals surface area contributed by atoms with Crippen molar-refractivity contribution < 1.29 is 13.6 Å². The predicted molar refractivity (Wildman–Crippen MR) is 81.2 cm³/mol. The first-order valence-corrected chi connectivity index (χ1v) is 8.33. The SMILES string of the molecule is Cc1ccc(C2SCC(=O)N2Cc2c(F)cccc2F)s1. The maximum atomic E-state index is 13.8. The molecule has 0 saturated carbocycles. The van der Waals surface area contributed by atoms with E-state index in [-0.39, 0.29) is 23.4 Å². The molecule has 2 nitrogen and oxygen atoms in total. The summed E-state index contributed by atoms with van der Waals surface area (Å²) >= 11 is 3.11. The van der Waals surface area contributed by atoms with Crippen molar-refractivity contribution in [2.24, 2.45) is 0 Å². The monoisotopic (exact) mass is 325 g/mol. The molecule has 1 unspecified atom stereocenters. The van der Waals surface area contributed by atoms with Gasteiger partial charge < -0.3 is 4.90 Å². The van der Waals surface area contributed by atoms with E-state index in [1.54, 1.807) is 16.2 Å². The fourth-order valence-electron chi connectivity index (χ4n) is 2.30. The molecule has 0 spiro atoms. The van der Waals surface area contributed by atoms with E-state index in [0.29, 0.717) is 5.75 Å². The van der Waals surface area contributed by atoms with Crippen LogP contribution in [0.15, 0.2) is 30.3 Å². The number of carbonyl (C=O) groups excluding carboxylic acids is 1. The lowest BCUT2D eigenvalue weighted by atomic mass is 10.2. The fourth-order valence-corrected chi connectivity index (χ4v) is 4.60. The number of hydrogen-bond acceptors (Lipinski definition) is 3. The maximum absolute atomic E-state index is 13.8. The summed E-state index contributed by atoms with van der Waals surface area (Å²) < 4.78 is 27.6. The van der Waals surface area contributed by atoms with Crippen LogP contribution in [0, 0.1) is 18.6 Å². The van der Waals surface area contributed by atoms with Crippen LogP contribution in [0.5, 0.6) is 0 Å². The standard InChI is InChI=1S/C15H13F2NOS2/c1-9-5-6-13(21-9)15-18(14(19)8-20-15)7-10-11(16)3-2-4-12(10)17/h2-6,15H,7-8H2,1H3. The van der Waals surface area contributed by atoms with E-state index in [2.05, 4.69) is 0 Å². The minimum Gasteiger partial charge on any atom is -0.320 e. The zero-order valence-corrected chi connectivity index (χ0v) is 12.9. The second-order valence-electron chi connectivity index (χ2n) is 4.83. The Labute approximate surface area is 129 Å². The number of hydrogen-bond donors (Lipinski definition) is 0. The average Bonchev–Trinajstić information content (AvgIpc) is 3.01.